The Kier molecular flexibility index (Phi) is 8.32. The highest BCUT2D eigenvalue weighted by atomic mass is 35.5. The van der Waals surface area contributed by atoms with Crippen LogP contribution in [0.4, 0.5) is 15.3 Å². The largest absolute Gasteiger partial charge is 0.489 e. The average Bonchev–Trinajstić information content (AvgIpc) is 3.39. The van der Waals surface area contributed by atoms with Crippen LogP contribution in [0.3, 0.4) is 0 Å². The zero-order chi connectivity index (χ0) is 27.5. The van der Waals surface area contributed by atoms with Crippen molar-refractivity contribution in [1.82, 2.24) is 9.88 Å². The maximum atomic E-state index is 13.2. The number of carbonyl (C=O) groups excluding carboxylic acids is 3. The summed E-state index contributed by atoms with van der Waals surface area (Å²) in [4.78, 5) is 42.6. The minimum Gasteiger partial charge on any atom is -0.489 e. The molecule has 202 valence electrons. The minimum absolute atomic E-state index is 0.0250. The Morgan fingerprint density at radius 2 is 1.70 bits per heavy atom. The van der Waals surface area contributed by atoms with Gasteiger partial charge >= 0.3 is 18.2 Å². The number of anilines is 1. The zero-order valence-electron chi connectivity index (χ0n) is 22.2. The summed E-state index contributed by atoms with van der Waals surface area (Å²) in [7, 11) is 0. The Balaban J connectivity index is 1.97. The fourth-order valence-electron chi connectivity index (χ4n) is 3.76. The first-order chi connectivity index (χ1) is 17.2. The molecule has 2 heterocycles. The number of esters is 1. The smallest absolute Gasteiger partial charge is 0.420 e. The van der Waals surface area contributed by atoms with E-state index in [0.717, 1.165) is 4.90 Å². The second kappa shape index (κ2) is 10.9. The number of H-pyrrole nitrogens is 1. The number of benzene rings is 1. The number of rotatable bonds is 6. The predicted octanol–water partition coefficient (Wildman–Crippen LogP) is 6.06. The average molecular weight is 536 g/mol. The zero-order valence-corrected chi connectivity index (χ0v) is 22.9. The third-order valence-corrected chi connectivity index (χ3v) is 5.44. The number of hydrogen-bond donors (Lipinski definition) is 2. The van der Waals surface area contributed by atoms with Crippen LogP contribution in [0.15, 0.2) is 24.4 Å². The molecule has 0 saturated carbocycles. The molecule has 2 aromatic rings. The number of nitrogens with zero attached hydrogens (tertiary/aromatic N) is 1. The first-order valence-electron chi connectivity index (χ1n) is 12.0. The Bertz CT molecular complexity index is 1140. The molecule has 0 aliphatic carbocycles. The molecule has 1 atom stereocenters. The van der Waals surface area contributed by atoms with Crippen LogP contribution in [0.1, 0.15) is 76.1 Å². The molecule has 0 saturated heterocycles. The maximum Gasteiger partial charge on any atom is 0.420 e. The van der Waals surface area contributed by atoms with E-state index >= 15 is 0 Å². The maximum absolute atomic E-state index is 13.2. The van der Waals surface area contributed by atoms with E-state index in [9.17, 15) is 14.4 Å². The molecule has 10 nitrogen and oxygen atoms in total. The molecule has 1 unspecified atom stereocenters. The second-order valence-electron chi connectivity index (χ2n) is 10.4. The summed E-state index contributed by atoms with van der Waals surface area (Å²) in [6.45, 7) is 12.4. The molecule has 1 aromatic carbocycles. The molecule has 1 aromatic heterocycles. The number of fused-ring (bicyclic) bond motifs is 1. The first kappa shape index (κ1) is 28.2. The Hall–Kier alpha value is -3.40. The number of amides is 2. The third kappa shape index (κ3) is 6.88. The summed E-state index contributed by atoms with van der Waals surface area (Å²) < 4.78 is 22.0. The van der Waals surface area contributed by atoms with E-state index in [1.165, 1.54) is 0 Å². The summed E-state index contributed by atoms with van der Waals surface area (Å²) in [6, 6.07) is 4.30. The van der Waals surface area contributed by atoms with Crippen LogP contribution in [-0.4, -0.2) is 52.5 Å². The van der Waals surface area contributed by atoms with Crippen molar-refractivity contribution in [3.63, 3.8) is 0 Å². The molecule has 0 bridgehead atoms. The number of imide groups is 1. The number of halogens is 1. The highest BCUT2D eigenvalue weighted by Gasteiger charge is 2.43. The Labute approximate surface area is 221 Å². The second-order valence-corrected chi connectivity index (χ2v) is 10.9. The van der Waals surface area contributed by atoms with Crippen LogP contribution in [0.2, 0.25) is 5.02 Å². The summed E-state index contributed by atoms with van der Waals surface area (Å²) in [6.07, 6.45) is -0.103. The number of aromatic nitrogens is 1. The van der Waals surface area contributed by atoms with E-state index in [0.29, 0.717) is 27.6 Å². The summed E-state index contributed by atoms with van der Waals surface area (Å²) in [5, 5.41) is 3.55. The molecular weight excluding hydrogens is 502 g/mol. The van der Waals surface area contributed by atoms with Crippen molar-refractivity contribution < 1.29 is 33.3 Å². The van der Waals surface area contributed by atoms with Crippen molar-refractivity contribution in [2.24, 2.45) is 0 Å². The number of ether oxygens (including phenoxy) is 4. The number of hydrogen-bond acceptors (Lipinski definition) is 8. The fraction of sp³-hybridized carbons (Fsp3) is 0.500. The molecule has 11 heteroatoms. The standard InChI is InChI=1S/C26H34ClN3O7/c1-8-34-22(31)20-17(11-12-28-20)29-13-15-9-10-16(27)21-19(15)18(14-35-21)30(23(32)36-25(2,3)4)24(33)37-26(5,6)7/h9-12,18,28-29H,8,13-14H2,1-7H3. The highest BCUT2D eigenvalue weighted by molar-refractivity contribution is 6.32. The van der Waals surface area contributed by atoms with Gasteiger partial charge in [-0.25, -0.2) is 19.3 Å². The topological polar surface area (TPSA) is 119 Å². The van der Waals surface area contributed by atoms with Gasteiger partial charge < -0.3 is 29.2 Å². The van der Waals surface area contributed by atoms with E-state index in [1.54, 1.807) is 72.9 Å². The van der Waals surface area contributed by atoms with Crippen molar-refractivity contribution in [2.45, 2.75) is 72.3 Å². The lowest BCUT2D eigenvalue weighted by atomic mass is 10.00. The van der Waals surface area contributed by atoms with E-state index in [1.807, 2.05) is 0 Å². The van der Waals surface area contributed by atoms with Gasteiger partial charge in [-0.05, 0) is 66.2 Å². The van der Waals surface area contributed by atoms with Crippen molar-refractivity contribution in [3.8, 4) is 5.75 Å². The van der Waals surface area contributed by atoms with Gasteiger partial charge in [-0.1, -0.05) is 17.7 Å². The number of carbonyl (C=O) groups is 3. The molecule has 0 spiro atoms. The molecule has 1 aliphatic heterocycles. The van der Waals surface area contributed by atoms with Gasteiger partial charge in [-0.3, -0.25) is 0 Å². The van der Waals surface area contributed by atoms with Crippen molar-refractivity contribution in [3.05, 3.63) is 46.2 Å². The van der Waals surface area contributed by atoms with E-state index < -0.39 is 35.4 Å². The molecule has 37 heavy (non-hydrogen) atoms. The van der Waals surface area contributed by atoms with Crippen molar-refractivity contribution in [1.29, 1.82) is 0 Å². The molecule has 3 rings (SSSR count). The van der Waals surface area contributed by atoms with E-state index in [2.05, 4.69) is 10.3 Å². The van der Waals surface area contributed by atoms with Crippen LogP contribution in [0.5, 0.6) is 5.75 Å². The lowest BCUT2D eigenvalue weighted by Crippen LogP contribution is -2.46. The number of nitrogens with one attached hydrogen (secondary N) is 2. The van der Waals surface area contributed by atoms with Crippen molar-refractivity contribution in [2.75, 3.05) is 18.5 Å². The Morgan fingerprint density at radius 3 is 2.27 bits per heavy atom. The van der Waals surface area contributed by atoms with Crippen LogP contribution in [0, 0.1) is 0 Å². The van der Waals surface area contributed by atoms with Gasteiger partial charge in [-0.15, -0.1) is 0 Å². The third-order valence-electron chi connectivity index (χ3n) is 5.15. The van der Waals surface area contributed by atoms with Gasteiger partial charge in [0.25, 0.3) is 0 Å². The van der Waals surface area contributed by atoms with Gasteiger partial charge in [0.05, 0.1) is 17.3 Å². The van der Waals surface area contributed by atoms with Gasteiger partial charge in [0.1, 0.15) is 35.3 Å². The van der Waals surface area contributed by atoms with Gasteiger partial charge in [-0.2, -0.15) is 0 Å². The highest BCUT2D eigenvalue weighted by Crippen LogP contribution is 2.44. The fourth-order valence-corrected chi connectivity index (χ4v) is 3.98. The monoisotopic (exact) mass is 535 g/mol. The molecule has 0 fully saturated rings. The molecule has 2 N–H and O–H groups in total. The Morgan fingerprint density at radius 1 is 1.08 bits per heavy atom. The summed E-state index contributed by atoms with van der Waals surface area (Å²) >= 11 is 6.42. The SMILES string of the molecule is CCOC(=O)c1[nH]ccc1NCc1ccc(Cl)c2c1C(N(C(=O)OC(C)(C)C)C(=O)OC(C)(C)C)CO2. The molecule has 1 aliphatic rings. The lowest BCUT2D eigenvalue weighted by Gasteiger charge is -2.31. The number of aromatic amines is 1. The van der Waals surface area contributed by atoms with E-state index in [4.69, 9.17) is 30.5 Å². The van der Waals surface area contributed by atoms with Gasteiger partial charge in [0, 0.05) is 18.3 Å². The van der Waals surface area contributed by atoms with Crippen LogP contribution in [0.25, 0.3) is 0 Å². The predicted molar refractivity (Wildman–Crippen MR) is 138 cm³/mol. The molecular formula is C26H34ClN3O7. The van der Waals surface area contributed by atoms with Crippen LogP contribution >= 0.6 is 11.6 Å². The molecule has 2 amide bonds. The normalized spacial score (nSPS) is 14.9. The van der Waals surface area contributed by atoms with Crippen molar-refractivity contribution >= 4 is 35.4 Å². The van der Waals surface area contributed by atoms with Crippen LogP contribution < -0.4 is 10.1 Å². The minimum atomic E-state index is -0.864. The lowest BCUT2D eigenvalue weighted by molar-refractivity contribution is -0.00938. The van der Waals surface area contributed by atoms with Gasteiger partial charge in [0.15, 0.2) is 0 Å². The van der Waals surface area contributed by atoms with E-state index in [-0.39, 0.29) is 25.5 Å². The molecule has 0 radical (unpaired) electrons. The summed E-state index contributed by atoms with van der Waals surface area (Å²) in [5.41, 5.74) is 0.366. The summed E-state index contributed by atoms with van der Waals surface area (Å²) in [5.74, 6) is -0.124. The van der Waals surface area contributed by atoms with Crippen LogP contribution in [-0.2, 0) is 20.8 Å². The first-order valence-corrected chi connectivity index (χ1v) is 12.4. The quantitative estimate of drug-likeness (QED) is 0.338. The van der Waals surface area contributed by atoms with Gasteiger partial charge in [0.2, 0.25) is 0 Å².